The van der Waals surface area contributed by atoms with Gasteiger partial charge in [0.2, 0.25) is 0 Å². The number of hydrogen-bond acceptors (Lipinski definition) is 3. The van der Waals surface area contributed by atoms with Gasteiger partial charge in [-0.1, -0.05) is 176 Å². The molecule has 3 aromatic heterocycles. The highest BCUT2D eigenvalue weighted by molar-refractivity contribution is 6.23. The molecule has 0 bridgehead atoms. The fourth-order valence-electron chi connectivity index (χ4n) is 8.32. The lowest BCUT2D eigenvalue weighted by Gasteiger charge is -2.14. The Morgan fingerprint density at radius 1 is 0.322 bits per heavy atom. The maximum atomic E-state index is 5.30. The van der Waals surface area contributed by atoms with E-state index in [1.54, 1.807) is 0 Å². The van der Waals surface area contributed by atoms with Crippen LogP contribution in [0.25, 0.3) is 106 Å². The monoisotopic (exact) mass is 752 g/mol. The molecule has 0 unspecified atom stereocenters. The molecule has 0 N–H and O–H groups in total. The van der Waals surface area contributed by atoms with Crippen molar-refractivity contribution >= 4 is 32.7 Å². The summed E-state index contributed by atoms with van der Waals surface area (Å²) in [5.41, 5.74) is 15.7. The average molecular weight is 753 g/mol. The molecular formula is C55H36N4. The molecule has 11 rings (SSSR count). The molecule has 0 spiro atoms. The summed E-state index contributed by atoms with van der Waals surface area (Å²) in [5.74, 6) is 0.670. The number of benzene rings is 8. The molecule has 0 saturated heterocycles. The second-order valence-corrected chi connectivity index (χ2v) is 14.8. The van der Waals surface area contributed by atoms with Crippen molar-refractivity contribution in [1.82, 2.24) is 19.5 Å². The lowest BCUT2D eigenvalue weighted by Crippen LogP contribution is -1.99. The maximum Gasteiger partial charge on any atom is 0.160 e. The van der Waals surface area contributed by atoms with E-state index in [4.69, 9.17) is 15.0 Å². The van der Waals surface area contributed by atoms with Crippen LogP contribution in [0.5, 0.6) is 0 Å². The van der Waals surface area contributed by atoms with Crippen molar-refractivity contribution in [2.45, 2.75) is 0 Å². The standard InChI is InChI=1S/C55H36N4/c1-4-14-37(15-5-1)39-24-28-41(29-25-39)49-36-50(42-30-26-40(27-31-42)38-16-6-2-7-17-38)58-55(57-49)44-32-34-45(35-33-44)59-51-23-13-11-21-47(51)52-46-20-10-12-22-48(46)56-53(54(52)59)43-18-8-3-9-19-43/h1-36H. The first-order valence-electron chi connectivity index (χ1n) is 19.9. The first kappa shape index (κ1) is 34.3. The SMILES string of the molecule is c1ccc(-c2ccc(-c3cc(-c4ccc(-c5ccccc5)cc4)nc(-c4ccc(-n5c6ccccc6c6c7ccccc7nc(-c7ccccc7)c65)cc4)n3)cc2)cc1. The molecule has 0 amide bonds. The minimum Gasteiger partial charge on any atom is -0.307 e. The van der Waals surface area contributed by atoms with Crippen molar-refractivity contribution in [2.75, 3.05) is 0 Å². The number of rotatable bonds is 7. The van der Waals surface area contributed by atoms with Gasteiger partial charge in [0, 0.05) is 44.1 Å². The molecule has 0 aliphatic rings. The van der Waals surface area contributed by atoms with Crippen molar-refractivity contribution in [2.24, 2.45) is 0 Å². The molecule has 4 heteroatoms. The molecule has 0 aliphatic carbocycles. The van der Waals surface area contributed by atoms with Crippen molar-refractivity contribution in [3.8, 4) is 73.1 Å². The average Bonchev–Trinajstić information content (AvgIpc) is 3.68. The summed E-state index contributed by atoms with van der Waals surface area (Å²) in [6.07, 6.45) is 0. The smallest absolute Gasteiger partial charge is 0.160 e. The summed E-state index contributed by atoms with van der Waals surface area (Å²) in [5, 5.41) is 3.53. The number of pyridine rings is 1. The van der Waals surface area contributed by atoms with Crippen LogP contribution in [0.2, 0.25) is 0 Å². The maximum absolute atomic E-state index is 5.30. The Morgan fingerprint density at radius 3 is 1.34 bits per heavy atom. The normalized spacial score (nSPS) is 11.4. The van der Waals surface area contributed by atoms with Gasteiger partial charge in [-0.2, -0.15) is 0 Å². The predicted molar refractivity (Wildman–Crippen MR) is 244 cm³/mol. The van der Waals surface area contributed by atoms with Crippen LogP contribution in [-0.4, -0.2) is 19.5 Å². The molecule has 11 aromatic rings. The molecule has 3 heterocycles. The molecular weight excluding hydrogens is 717 g/mol. The van der Waals surface area contributed by atoms with Gasteiger partial charge < -0.3 is 4.57 Å². The number of fused-ring (bicyclic) bond motifs is 5. The largest absolute Gasteiger partial charge is 0.307 e. The Kier molecular flexibility index (Phi) is 8.45. The minimum absolute atomic E-state index is 0.670. The zero-order valence-electron chi connectivity index (χ0n) is 32.1. The molecule has 4 nitrogen and oxygen atoms in total. The molecule has 276 valence electrons. The van der Waals surface area contributed by atoms with Crippen LogP contribution < -0.4 is 0 Å². The number of para-hydroxylation sites is 2. The Labute approximate surface area is 342 Å². The Balaban J connectivity index is 1.05. The molecule has 0 atom stereocenters. The predicted octanol–water partition coefficient (Wildman–Crippen LogP) is 14.1. The second-order valence-electron chi connectivity index (χ2n) is 14.8. The topological polar surface area (TPSA) is 43.6 Å². The highest BCUT2D eigenvalue weighted by atomic mass is 15.0. The minimum atomic E-state index is 0.670. The van der Waals surface area contributed by atoms with Crippen LogP contribution in [0.3, 0.4) is 0 Å². The van der Waals surface area contributed by atoms with Crippen LogP contribution in [0.4, 0.5) is 0 Å². The third kappa shape index (κ3) is 6.24. The number of nitrogens with zero attached hydrogens (tertiary/aromatic N) is 4. The molecule has 0 radical (unpaired) electrons. The molecule has 0 fully saturated rings. The van der Waals surface area contributed by atoms with Crippen molar-refractivity contribution < 1.29 is 0 Å². The summed E-state index contributed by atoms with van der Waals surface area (Å²) in [7, 11) is 0. The summed E-state index contributed by atoms with van der Waals surface area (Å²) in [6, 6.07) is 76.6. The Bertz CT molecular complexity index is 3160. The summed E-state index contributed by atoms with van der Waals surface area (Å²) in [4.78, 5) is 15.7. The van der Waals surface area contributed by atoms with Crippen LogP contribution >= 0.6 is 0 Å². The van der Waals surface area contributed by atoms with E-state index in [0.717, 1.165) is 67.0 Å². The van der Waals surface area contributed by atoms with E-state index in [0.29, 0.717) is 5.82 Å². The van der Waals surface area contributed by atoms with E-state index in [-0.39, 0.29) is 0 Å². The van der Waals surface area contributed by atoms with Gasteiger partial charge >= 0.3 is 0 Å². The third-order valence-electron chi connectivity index (χ3n) is 11.2. The second kappa shape index (κ2) is 14.5. The van der Waals surface area contributed by atoms with Gasteiger partial charge in [0.1, 0.15) is 0 Å². The molecule has 8 aromatic carbocycles. The fraction of sp³-hybridized carbons (Fsp3) is 0. The Morgan fingerprint density at radius 2 is 0.763 bits per heavy atom. The zero-order valence-corrected chi connectivity index (χ0v) is 32.1. The van der Waals surface area contributed by atoms with E-state index in [1.165, 1.54) is 33.0 Å². The molecule has 59 heavy (non-hydrogen) atoms. The van der Waals surface area contributed by atoms with Crippen LogP contribution in [-0.2, 0) is 0 Å². The van der Waals surface area contributed by atoms with Gasteiger partial charge in [0.15, 0.2) is 5.82 Å². The van der Waals surface area contributed by atoms with Gasteiger partial charge in [0.05, 0.1) is 33.6 Å². The van der Waals surface area contributed by atoms with Gasteiger partial charge in [-0.3, -0.25) is 0 Å². The van der Waals surface area contributed by atoms with Crippen LogP contribution in [0.15, 0.2) is 218 Å². The van der Waals surface area contributed by atoms with Gasteiger partial charge in [-0.05, 0) is 64.7 Å². The number of aromatic nitrogens is 4. The molecule has 0 saturated carbocycles. The van der Waals surface area contributed by atoms with Gasteiger partial charge in [-0.25, -0.2) is 15.0 Å². The third-order valence-corrected chi connectivity index (χ3v) is 11.2. The lowest BCUT2D eigenvalue weighted by atomic mass is 10.0. The van der Waals surface area contributed by atoms with Gasteiger partial charge in [-0.15, -0.1) is 0 Å². The summed E-state index contributed by atoms with van der Waals surface area (Å²) in [6.45, 7) is 0. The summed E-state index contributed by atoms with van der Waals surface area (Å²) < 4.78 is 2.36. The van der Waals surface area contributed by atoms with Gasteiger partial charge in [0.25, 0.3) is 0 Å². The fourth-order valence-corrected chi connectivity index (χ4v) is 8.32. The van der Waals surface area contributed by atoms with Crippen molar-refractivity contribution in [3.63, 3.8) is 0 Å². The van der Waals surface area contributed by atoms with Crippen LogP contribution in [0, 0.1) is 0 Å². The highest BCUT2D eigenvalue weighted by Crippen LogP contribution is 2.41. The Hall–Kier alpha value is -7.95. The number of hydrogen-bond donors (Lipinski definition) is 0. The highest BCUT2D eigenvalue weighted by Gasteiger charge is 2.21. The van der Waals surface area contributed by atoms with E-state index in [1.807, 2.05) is 12.1 Å². The zero-order chi connectivity index (χ0) is 39.1. The summed E-state index contributed by atoms with van der Waals surface area (Å²) >= 11 is 0. The lowest BCUT2D eigenvalue weighted by molar-refractivity contribution is 1.16. The van der Waals surface area contributed by atoms with Crippen LogP contribution in [0.1, 0.15) is 0 Å². The molecule has 0 aliphatic heterocycles. The first-order valence-corrected chi connectivity index (χ1v) is 19.9. The van der Waals surface area contributed by atoms with E-state index >= 15 is 0 Å². The van der Waals surface area contributed by atoms with E-state index in [2.05, 4.69) is 211 Å². The first-order chi connectivity index (χ1) is 29.2. The van der Waals surface area contributed by atoms with E-state index in [9.17, 15) is 0 Å². The quantitative estimate of drug-likeness (QED) is 0.163. The van der Waals surface area contributed by atoms with E-state index < -0.39 is 0 Å². The van der Waals surface area contributed by atoms with Crippen molar-refractivity contribution in [3.05, 3.63) is 218 Å². The van der Waals surface area contributed by atoms with Crippen molar-refractivity contribution in [1.29, 1.82) is 0 Å².